The Kier molecular flexibility index (Phi) is 4.12. The summed E-state index contributed by atoms with van der Waals surface area (Å²) in [7, 11) is 1.89. The molecule has 0 unspecified atom stereocenters. The van der Waals surface area contributed by atoms with Crippen molar-refractivity contribution in [2.45, 2.75) is 12.8 Å². The van der Waals surface area contributed by atoms with Crippen LogP contribution in [-0.4, -0.2) is 28.8 Å². The lowest BCUT2D eigenvalue weighted by Crippen LogP contribution is -2.23. The molecule has 1 rings (SSSR count). The van der Waals surface area contributed by atoms with Gasteiger partial charge in [-0.3, -0.25) is 9.48 Å². The molecule has 0 spiro atoms. The Hall–Kier alpha value is -1.36. The smallest absolute Gasteiger partial charge is 0.218 e. The lowest BCUT2D eigenvalue weighted by molar-refractivity contribution is -0.117. The summed E-state index contributed by atoms with van der Waals surface area (Å²) >= 11 is 0. The van der Waals surface area contributed by atoms with Crippen LogP contribution < -0.4 is 11.1 Å². The van der Waals surface area contributed by atoms with Gasteiger partial charge in [0.1, 0.15) is 0 Å². The third kappa shape index (κ3) is 4.04. The molecule has 0 aromatic carbocycles. The Bertz CT molecular complexity index is 295. The van der Waals surface area contributed by atoms with Crippen molar-refractivity contribution in [3.63, 3.8) is 0 Å². The van der Waals surface area contributed by atoms with Crippen molar-refractivity contribution in [3.8, 4) is 0 Å². The molecule has 5 nitrogen and oxygen atoms in total. The largest absolute Gasteiger partial charge is 0.370 e. The van der Waals surface area contributed by atoms with Gasteiger partial charge < -0.3 is 11.1 Å². The molecule has 14 heavy (non-hydrogen) atoms. The van der Waals surface area contributed by atoms with Crippen LogP contribution in [0, 0.1) is 0 Å². The zero-order chi connectivity index (χ0) is 10.4. The van der Waals surface area contributed by atoms with E-state index in [2.05, 4.69) is 10.4 Å². The Morgan fingerprint density at radius 1 is 1.64 bits per heavy atom. The van der Waals surface area contributed by atoms with E-state index >= 15 is 0 Å². The van der Waals surface area contributed by atoms with Crippen molar-refractivity contribution in [3.05, 3.63) is 18.0 Å². The van der Waals surface area contributed by atoms with E-state index in [-0.39, 0.29) is 5.91 Å². The van der Waals surface area contributed by atoms with Crippen LogP contribution in [0.3, 0.4) is 0 Å². The summed E-state index contributed by atoms with van der Waals surface area (Å²) in [5.74, 6) is -0.265. The molecule has 3 N–H and O–H groups in total. The van der Waals surface area contributed by atoms with Gasteiger partial charge in [0.15, 0.2) is 0 Å². The number of rotatable bonds is 6. The van der Waals surface area contributed by atoms with Crippen LogP contribution in [0.4, 0.5) is 0 Å². The van der Waals surface area contributed by atoms with Crippen molar-refractivity contribution in [1.29, 1.82) is 0 Å². The van der Waals surface area contributed by atoms with Gasteiger partial charge in [-0.1, -0.05) is 0 Å². The second-order valence-corrected chi connectivity index (χ2v) is 3.24. The number of hydrogen-bond acceptors (Lipinski definition) is 3. The molecule has 0 aliphatic heterocycles. The fourth-order valence-electron chi connectivity index (χ4n) is 1.17. The molecule has 0 aliphatic carbocycles. The average Bonchev–Trinajstić information content (AvgIpc) is 2.50. The van der Waals surface area contributed by atoms with E-state index in [9.17, 15) is 4.79 Å². The number of nitrogens with two attached hydrogens (primary N) is 1. The molecule has 0 radical (unpaired) electrons. The van der Waals surface area contributed by atoms with Gasteiger partial charge in [0, 0.05) is 26.2 Å². The summed E-state index contributed by atoms with van der Waals surface area (Å²) in [6, 6.07) is 0. The summed E-state index contributed by atoms with van der Waals surface area (Å²) < 4.78 is 1.78. The first-order valence-corrected chi connectivity index (χ1v) is 4.65. The van der Waals surface area contributed by atoms with Crippen LogP contribution in [0.15, 0.2) is 12.4 Å². The summed E-state index contributed by atoms with van der Waals surface area (Å²) in [6.07, 6.45) is 5.14. The van der Waals surface area contributed by atoms with E-state index in [4.69, 9.17) is 5.73 Å². The predicted molar refractivity (Wildman–Crippen MR) is 53.6 cm³/mol. The van der Waals surface area contributed by atoms with E-state index in [1.807, 2.05) is 19.4 Å². The van der Waals surface area contributed by atoms with Gasteiger partial charge in [-0.05, 0) is 18.5 Å². The molecule has 1 amide bonds. The molecular formula is C9H16N4O. The second-order valence-electron chi connectivity index (χ2n) is 3.24. The maximum Gasteiger partial charge on any atom is 0.218 e. The van der Waals surface area contributed by atoms with Crippen LogP contribution in [0.25, 0.3) is 0 Å². The Labute approximate surface area is 83.3 Å². The van der Waals surface area contributed by atoms with Gasteiger partial charge in [0.25, 0.3) is 0 Å². The minimum Gasteiger partial charge on any atom is -0.370 e. The van der Waals surface area contributed by atoms with Crippen LogP contribution in [0.1, 0.15) is 12.0 Å². The van der Waals surface area contributed by atoms with Crippen molar-refractivity contribution in [2.24, 2.45) is 12.8 Å². The van der Waals surface area contributed by atoms with Crippen LogP contribution in [-0.2, 0) is 18.3 Å². The van der Waals surface area contributed by atoms with E-state index in [1.165, 1.54) is 5.56 Å². The Balaban J connectivity index is 2.07. The standard InChI is InChI=1S/C9H16N4O/c1-13-7-8(6-12-13)2-4-11-5-3-9(10)14/h6-7,11H,2-5H2,1H3,(H2,10,14). The molecule has 1 heterocycles. The molecule has 0 bridgehead atoms. The minimum atomic E-state index is -0.265. The van der Waals surface area contributed by atoms with Gasteiger partial charge in [0.05, 0.1) is 6.20 Å². The molecular weight excluding hydrogens is 180 g/mol. The van der Waals surface area contributed by atoms with E-state index in [1.54, 1.807) is 4.68 Å². The number of hydrogen-bond donors (Lipinski definition) is 2. The molecule has 0 fully saturated rings. The van der Waals surface area contributed by atoms with Gasteiger partial charge in [0.2, 0.25) is 5.91 Å². The van der Waals surface area contributed by atoms with E-state index < -0.39 is 0 Å². The predicted octanol–water partition coefficient (Wildman–Crippen LogP) is -0.572. The SMILES string of the molecule is Cn1cc(CCNCCC(N)=O)cn1. The van der Waals surface area contributed by atoms with Crippen molar-refractivity contribution in [1.82, 2.24) is 15.1 Å². The Morgan fingerprint density at radius 3 is 3.00 bits per heavy atom. The summed E-state index contributed by atoms with van der Waals surface area (Å²) in [5, 5.41) is 7.20. The highest BCUT2D eigenvalue weighted by Crippen LogP contribution is 1.95. The quantitative estimate of drug-likeness (QED) is 0.598. The normalized spacial score (nSPS) is 10.4. The number of carbonyl (C=O) groups excluding carboxylic acids is 1. The first-order chi connectivity index (χ1) is 6.68. The van der Waals surface area contributed by atoms with E-state index in [0.29, 0.717) is 13.0 Å². The topological polar surface area (TPSA) is 72.9 Å². The molecule has 78 valence electrons. The van der Waals surface area contributed by atoms with Crippen molar-refractivity contribution >= 4 is 5.91 Å². The zero-order valence-electron chi connectivity index (χ0n) is 8.36. The third-order valence-corrected chi connectivity index (χ3v) is 1.90. The van der Waals surface area contributed by atoms with Crippen molar-refractivity contribution < 1.29 is 4.79 Å². The molecule has 5 heteroatoms. The number of nitrogens with zero attached hydrogens (tertiary/aromatic N) is 2. The number of amides is 1. The molecule has 1 aromatic rings. The maximum absolute atomic E-state index is 10.4. The van der Waals surface area contributed by atoms with Gasteiger partial charge in [-0.2, -0.15) is 5.10 Å². The van der Waals surface area contributed by atoms with E-state index in [0.717, 1.165) is 13.0 Å². The average molecular weight is 196 g/mol. The lowest BCUT2D eigenvalue weighted by Gasteiger charge is -2.00. The fourth-order valence-corrected chi connectivity index (χ4v) is 1.17. The minimum absolute atomic E-state index is 0.265. The number of carbonyl (C=O) groups is 1. The molecule has 0 saturated carbocycles. The van der Waals surface area contributed by atoms with Crippen LogP contribution in [0.5, 0.6) is 0 Å². The summed E-state index contributed by atoms with van der Waals surface area (Å²) in [6.45, 7) is 1.49. The van der Waals surface area contributed by atoms with Crippen molar-refractivity contribution in [2.75, 3.05) is 13.1 Å². The highest BCUT2D eigenvalue weighted by Gasteiger charge is 1.96. The zero-order valence-corrected chi connectivity index (χ0v) is 8.36. The van der Waals surface area contributed by atoms with Crippen LogP contribution >= 0.6 is 0 Å². The number of primary amides is 1. The third-order valence-electron chi connectivity index (χ3n) is 1.90. The first kappa shape index (κ1) is 10.7. The first-order valence-electron chi connectivity index (χ1n) is 4.65. The fraction of sp³-hybridized carbons (Fsp3) is 0.556. The van der Waals surface area contributed by atoms with Gasteiger partial charge in [-0.25, -0.2) is 0 Å². The maximum atomic E-state index is 10.4. The lowest BCUT2D eigenvalue weighted by atomic mass is 10.2. The highest BCUT2D eigenvalue weighted by molar-refractivity contribution is 5.73. The summed E-state index contributed by atoms with van der Waals surface area (Å²) in [4.78, 5) is 10.4. The second kappa shape index (κ2) is 5.39. The van der Waals surface area contributed by atoms with Gasteiger partial charge >= 0.3 is 0 Å². The number of aromatic nitrogens is 2. The number of aryl methyl sites for hydroxylation is 1. The van der Waals surface area contributed by atoms with Gasteiger partial charge in [-0.15, -0.1) is 0 Å². The molecule has 1 aromatic heterocycles. The molecule has 0 saturated heterocycles. The number of nitrogens with one attached hydrogen (secondary N) is 1. The monoisotopic (exact) mass is 196 g/mol. The Morgan fingerprint density at radius 2 is 2.43 bits per heavy atom. The molecule has 0 aliphatic rings. The van der Waals surface area contributed by atoms with Crippen LogP contribution in [0.2, 0.25) is 0 Å². The highest BCUT2D eigenvalue weighted by atomic mass is 16.1. The molecule has 0 atom stereocenters. The summed E-state index contributed by atoms with van der Waals surface area (Å²) in [5.41, 5.74) is 6.19.